The lowest BCUT2D eigenvalue weighted by Crippen LogP contribution is -2.43. The van der Waals surface area contributed by atoms with Crippen molar-refractivity contribution in [2.45, 2.75) is 46.1 Å². The molecule has 1 rings (SSSR count). The molecular formula is C13H19NO3. The molecule has 94 valence electrons. The molecule has 0 saturated carbocycles. The van der Waals surface area contributed by atoms with Crippen LogP contribution in [0.25, 0.3) is 0 Å². The summed E-state index contributed by atoms with van der Waals surface area (Å²) in [5, 5.41) is 9.50. The number of hydrogen-bond acceptors (Lipinski definition) is 2. The van der Waals surface area contributed by atoms with Crippen molar-refractivity contribution < 1.29 is 9.90 Å². The number of aromatic nitrogens is 1. The molecule has 17 heavy (non-hydrogen) atoms. The number of carboxylic acids is 1. The van der Waals surface area contributed by atoms with Crippen LogP contribution in [-0.2, 0) is 10.3 Å². The maximum absolute atomic E-state index is 11.6. The molecule has 0 aliphatic rings. The number of hydrogen-bond donors (Lipinski definition) is 1. The lowest BCUT2D eigenvalue weighted by molar-refractivity contribution is -0.148. The number of rotatable bonds is 4. The van der Waals surface area contributed by atoms with Crippen molar-refractivity contribution in [2.24, 2.45) is 0 Å². The first-order valence-corrected chi connectivity index (χ1v) is 5.83. The van der Waals surface area contributed by atoms with Crippen LogP contribution in [0.2, 0.25) is 0 Å². The third-order valence-electron chi connectivity index (χ3n) is 3.40. The standard InChI is InChI=1S/C13H19NO3/c1-5-13(6-2,12(16)17)14-9(3)7-11(15)8-10(14)4/h7-8H,5-6H2,1-4H3,(H,16,17). The van der Waals surface area contributed by atoms with E-state index in [1.54, 1.807) is 18.4 Å². The zero-order chi connectivity index (χ0) is 13.2. The van der Waals surface area contributed by atoms with Crippen molar-refractivity contribution in [1.29, 1.82) is 0 Å². The Morgan fingerprint density at radius 1 is 1.24 bits per heavy atom. The van der Waals surface area contributed by atoms with Crippen LogP contribution in [0, 0.1) is 13.8 Å². The second-order valence-corrected chi connectivity index (χ2v) is 4.35. The van der Waals surface area contributed by atoms with E-state index in [9.17, 15) is 14.7 Å². The van der Waals surface area contributed by atoms with Gasteiger partial charge in [-0.25, -0.2) is 4.79 Å². The van der Waals surface area contributed by atoms with E-state index in [4.69, 9.17) is 0 Å². The monoisotopic (exact) mass is 237 g/mol. The van der Waals surface area contributed by atoms with Crippen LogP contribution in [0.5, 0.6) is 0 Å². The van der Waals surface area contributed by atoms with Crippen molar-refractivity contribution in [3.05, 3.63) is 33.7 Å². The van der Waals surface area contributed by atoms with Crippen LogP contribution in [0.4, 0.5) is 0 Å². The molecule has 1 aromatic rings. The summed E-state index contributed by atoms with van der Waals surface area (Å²) < 4.78 is 1.76. The lowest BCUT2D eigenvalue weighted by atomic mass is 9.91. The van der Waals surface area contributed by atoms with Gasteiger partial charge in [-0.2, -0.15) is 0 Å². The van der Waals surface area contributed by atoms with E-state index in [-0.39, 0.29) is 5.43 Å². The summed E-state index contributed by atoms with van der Waals surface area (Å²) in [5.41, 5.74) is 0.354. The summed E-state index contributed by atoms with van der Waals surface area (Å²) in [4.78, 5) is 23.0. The average molecular weight is 237 g/mol. The highest BCUT2D eigenvalue weighted by molar-refractivity contribution is 5.77. The van der Waals surface area contributed by atoms with Gasteiger partial charge in [0.15, 0.2) is 5.43 Å². The predicted octanol–water partition coefficient (Wildman–Crippen LogP) is 2.07. The highest BCUT2D eigenvalue weighted by Crippen LogP contribution is 2.28. The Kier molecular flexibility index (Phi) is 3.76. The summed E-state index contributed by atoms with van der Waals surface area (Å²) >= 11 is 0. The molecule has 0 radical (unpaired) electrons. The fourth-order valence-electron chi connectivity index (χ4n) is 2.50. The Balaban J connectivity index is 3.60. The second-order valence-electron chi connectivity index (χ2n) is 4.35. The average Bonchev–Trinajstić information content (AvgIpc) is 2.22. The van der Waals surface area contributed by atoms with Gasteiger partial charge in [0.05, 0.1) is 0 Å². The first kappa shape index (κ1) is 13.5. The van der Waals surface area contributed by atoms with Gasteiger partial charge in [0.25, 0.3) is 0 Å². The van der Waals surface area contributed by atoms with Crippen LogP contribution < -0.4 is 5.43 Å². The third-order valence-corrected chi connectivity index (χ3v) is 3.40. The molecule has 4 nitrogen and oxygen atoms in total. The predicted molar refractivity (Wildman–Crippen MR) is 66.4 cm³/mol. The highest BCUT2D eigenvalue weighted by atomic mass is 16.4. The minimum absolute atomic E-state index is 0.0808. The smallest absolute Gasteiger partial charge is 0.329 e. The minimum Gasteiger partial charge on any atom is -0.479 e. The number of carboxylic acid groups (broad SMARTS) is 1. The van der Waals surface area contributed by atoms with Gasteiger partial charge in [-0.05, 0) is 26.7 Å². The molecule has 0 aliphatic carbocycles. The lowest BCUT2D eigenvalue weighted by Gasteiger charge is -2.33. The highest BCUT2D eigenvalue weighted by Gasteiger charge is 2.37. The molecule has 0 spiro atoms. The topological polar surface area (TPSA) is 59.3 Å². The molecule has 0 unspecified atom stereocenters. The Bertz CT molecular complexity index is 458. The van der Waals surface area contributed by atoms with Crippen LogP contribution >= 0.6 is 0 Å². The Morgan fingerprint density at radius 3 is 1.94 bits per heavy atom. The van der Waals surface area contributed by atoms with Crippen LogP contribution in [-0.4, -0.2) is 15.6 Å². The summed E-state index contributed by atoms with van der Waals surface area (Å²) in [7, 11) is 0. The largest absolute Gasteiger partial charge is 0.479 e. The number of aryl methyl sites for hydroxylation is 2. The Hall–Kier alpha value is -1.58. The number of carbonyl (C=O) groups is 1. The first-order valence-electron chi connectivity index (χ1n) is 5.83. The fourth-order valence-corrected chi connectivity index (χ4v) is 2.50. The Labute approximate surface area is 101 Å². The molecule has 0 aromatic carbocycles. The third kappa shape index (κ3) is 2.12. The Morgan fingerprint density at radius 2 is 1.65 bits per heavy atom. The molecule has 0 atom stereocenters. The van der Waals surface area contributed by atoms with E-state index < -0.39 is 11.5 Å². The van der Waals surface area contributed by atoms with E-state index in [1.165, 1.54) is 12.1 Å². The quantitative estimate of drug-likeness (QED) is 0.872. The minimum atomic E-state index is -0.956. The zero-order valence-corrected chi connectivity index (χ0v) is 10.8. The molecule has 0 saturated heterocycles. The number of nitrogens with zero attached hydrogens (tertiary/aromatic N) is 1. The van der Waals surface area contributed by atoms with Crippen molar-refractivity contribution in [3.63, 3.8) is 0 Å². The number of pyridine rings is 1. The van der Waals surface area contributed by atoms with Crippen LogP contribution in [0.3, 0.4) is 0 Å². The summed E-state index contributed by atoms with van der Waals surface area (Å²) in [6.07, 6.45) is 0.979. The van der Waals surface area contributed by atoms with Crippen LogP contribution in [0.15, 0.2) is 16.9 Å². The molecule has 0 aliphatic heterocycles. The van der Waals surface area contributed by atoms with E-state index in [0.29, 0.717) is 24.2 Å². The van der Waals surface area contributed by atoms with Gasteiger partial charge in [0.1, 0.15) is 5.54 Å². The summed E-state index contributed by atoms with van der Waals surface area (Å²) in [6.45, 7) is 7.26. The molecule has 4 heteroatoms. The summed E-state index contributed by atoms with van der Waals surface area (Å²) in [5.74, 6) is -0.850. The number of aliphatic carboxylic acids is 1. The van der Waals surface area contributed by atoms with Crippen molar-refractivity contribution in [2.75, 3.05) is 0 Å². The zero-order valence-electron chi connectivity index (χ0n) is 10.8. The molecule has 1 aromatic heterocycles. The van der Waals surface area contributed by atoms with Crippen molar-refractivity contribution >= 4 is 5.97 Å². The van der Waals surface area contributed by atoms with Gasteiger partial charge in [-0.15, -0.1) is 0 Å². The molecule has 0 bridgehead atoms. The van der Waals surface area contributed by atoms with Crippen molar-refractivity contribution in [3.8, 4) is 0 Å². The molecule has 1 N–H and O–H groups in total. The SMILES string of the molecule is CCC(CC)(C(=O)O)n1c(C)cc(=O)cc1C. The van der Waals surface area contributed by atoms with E-state index >= 15 is 0 Å². The van der Waals surface area contributed by atoms with E-state index in [2.05, 4.69) is 0 Å². The normalized spacial score (nSPS) is 11.5. The molecule has 1 heterocycles. The van der Waals surface area contributed by atoms with Gasteiger partial charge in [-0.3, -0.25) is 4.79 Å². The fraction of sp³-hybridized carbons (Fsp3) is 0.538. The molecule has 0 fully saturated rings. The van der Waals surface area contributed by atoms with Crippen molar-refractivity contribution in [1.82, 2.24) is 4.57 Å². The van der Waals surface area contributed by atoms with Crippen LogP contribution in [0.1, 0.15) is 38.1 Å². The molecular weight excluding hydrogens is 218 g/mol. The van der Waals surface area contributed by atoms with E-state index in [0.717, 1.165) is 0 Å². The maximum atomic E-state index is 11.6. The van der Waals surface area contributed by atoms with Gasteiger partial charge >= 0.3 is 5.97 Å². The summed E-state index contributed by atoms with van der Waals surface area (Å²) in [6, 6.07) is 2.96. The molecule has 0 amide bonds. The maximum Gasteiger partial charge on any atom is 0.329 e. The van der Waals surface area contributed by atoms with Gasteiger partial charge in [0, 0.05) is 23.5 Å². The van der Waals surface area contributed by atoms with Gasteiger partial charge in [-0.1, -0.05) is 13.8 Å². The van der Waals surface area contributed by atoms with Gasteiger partial charge in [0.2, 0.25) is 0 Å². The van der Waals surface area contributed by atoms with E-state index in [1.807, 2.05) is 13.8 Å². The van der Waals surface area contributed by atoms with Gasteiger partial charge < -0.3 is 9.67 Å². The second kappa shape index (κ2) is 4.73. The first-order chi connectivity index (χ1) is 7.89.